The van der Waals surface area contributed by atoms with Gasteiger partial charge in [-0.25, -0.2) is 9.37 Å². The third-order valence-corrected chi connectivity index (χ3v) is 5.39. The third-order valence-electron chi connectivity index (χ3n) is 5.39. The van der Waals surface area contributed by atoms with E-state index < -0.39 is 0 Å². The number of pyridine rings is 1. The fraction of sp³-hybridized carbons (Fsp3) is 0.304. The van der Waals surface area contributed by atoms with Gasteiger partial charge >= 0.3 is 0 Å². The predicted octanol–water partition coefficient (Wildman–Crippen LogP) is 2.64. The first-order chi connectivity index (χ1) is 14.6. The van der Waals surface area contributed by atoms with E-state index in [9.17, 15) is 9.18 Å². The lowest BCUT2D eigenvalue weighted by Gasteiger charge is -2.35. The van der Waals surface area contributed by atoms with E-state index in [1.165, 1.54) is 12.1 Å². The molecule has 1 fully saturated rings. The number of hydrogen-bond donors (Lipinski definition) is 2. The highest BCUT2D eigenvalue weighted by Gasteiger charge is 2.22. The maximum atomic E-state index is 13.1. The van der Waals surface area contributed by atoms with Gasteiger partial charge < -0.3 is 20.9 Å². The van der Waals surface area contributed by atoms with Crippen LogP contribution in [0.15, 0.2) is 54.6 Å². The fourth-order valence-electron chi connectivity index (χ4n) is 3.75. The Bertz CT molecular complexity index is 1020. The molecular weight excluding hydrogens is 381 g/mol. The molecule has 1 aliphatic rings. The van der Waals surface area contributed by atoms with Gasteiger partial charge in [-0.05, 0) is 23.8 Å². The largest absolute Gasteiger partial charge is 0.383 e. The molecule has 0 spiro atoms. The number of carbonyl (C=O) groups is 1. The average Bonchev–Trinajstić information content (AvgIpc) is 2.79. The number of amides is 1. The van der Waals surface area contributed by atoms with Crippen molar-refractivity contribution in [3.63, 3.8) is 0 Å². The molecule has 156 valence electrons. The number of nitrogens with zero attached hydrogens (tertiary/aromatic N) is 3. The number of nitrogens with one attached hydrogen (secondary N) is 1. The van der Waals surface area contributed by atoms with Crippen LogP contribution in [0, 0.1) is 5.82 Å². The molecule has 3 N–H and O–H groups in total. The number of carbonyl (C=O) groups excluding carboxylic acids is 1. The second kappa shape index (κ2) is 9.09. The van der Waals surface area contributed by atoms with E-state index in [4.69, 9.17) is 10.7 Å². The number of nitrogens with two attached hydrogens (primary N) is 1. The molecule has 1 saturated heterocycles. The minimum absolute atomic E-state index is 0.0676. The van der Waals surface area contributed by atoms with E-state index in [0.29, 0.717) is 32.6 Å². The zero-order valence-electron chi connectivity index (χ0n) is 16.9. The second-order valence-corrected chi connectivity index (χ2v) is 7.43. The van der Waals surface area contributed by atoms with E-state index >= 15 is 0 Å². The number of hydrogen-bond acceptors (Lipinski definition) is 5. The van der Waals surface area contributed by atoms with Crippen molar-refractivity contribution in [1.29, 1.82) is 0 Å². The molecule has 4 rings (SSSR count). The summed E-state index contributed by atoms with van der Waals surface area (Å²) in [5.74, 6) is 0.680. The van der Waals surface area contributed by atoms with Crippen LogP contribution in [0.25, 0.3) is 10.9 Å². The molecule has 0 radical (unpaired) electrons. The Morgan fingerprint density at radius 3 is 2.53 bits per heavy atom. The van der Waals surface area contributed by atoms with Crippen LogP contribution in [0.5, 0.6) is 0 Å². The zero-order chi connectivity index (χ0) is 20.9. The SMILES string of the molecule is NCCNc1cc(N2CCN(C(=O)Cc3ccc(F)cc3)CC2)nc2ccccc12. The van der Waals surface area contributed by atoms with Crippen molar-refractivity contribution in [3.05, 3.63) is 66.0 Å². The molecule has 0 atom stereocenters. The number of anilines is 2. The molecule has 2 aromatic carbocycles. The van der Waals surface area contributed by atoms with Gasteiger partial charge in [0.25, 0.3) is 0 Å². The number of halogens is 1. The summed E-state index contributed by atoms with van der Waals surface area (Å²) >= 11 is 0. The lowest BCUT2D eigenvalue weighted by molar-refractivity contribution is -0.130. The molecule has 0 bridgehead atoms. The molecule has 6 nitrogen and oxygen atoms in total. The summed E-state index contributed by atoms with van der Waals surface area (Å²) in [7, 11) is 0. The van der Waals surface area contributed by atoms with E-state index in [0.717, 1.165) is 41.1 Å². The van der Waals surface area contributed by atoms with E-state index in [2.05, 4.69) is 22.3 Å². The molecule has 2 heterocycles. The summed E-state index contributed by atoms with van der Waals surface area (Å²) in [6.45, 7) is 3.97. The highest BCUT2D eigenvalue weighted by Crippen LogP contribution is 2.27. The summed E-state index contributed by atoms with van der Waals surface area (Å²) in [4.78, 5) is 21.5. The van der Waals surface area contributed by atoms with Crippen LogP contribution in [-0.4, -0.2) is 55.1 Å². The maximum absolute atomic E-state index is 13.1. The summed E-state index contributed by atoms with van der Waals surface area (Å²) in [6.07, 6.45) is 0.293. The van der Waals surface area contributed by atoms with Crippen molar-refractivity contribution in [2.75, 3.05) is 49.5 Å². The van der Waals surface area contributed by atoms with Crippen LogP contribution in [0.3, 0.4) is 0 Å². The standard InChI is InChI=1S/C23H26FN5O/c24-18-7-5-17(6-8-18)15-23(30)29-13-11-28(12-14-29)22-16-21(26-10-9-25)19-3-1-2-4-20(19)27-22/h1-8,16H,9-15,25H2,(H,26,27). The Kier molecular flexibility index (Phi) is 6.09. The van der Waals surface area contributed by atoms with Gasteiger partial charge in [-0.3, -0.25) is 4.79 Å². The summed E-state index contributed by atoms with van der Waals surface area (Å²) < 4.78 is 13.1. The van der Waals surface area contributed by atoms with Gasteiger partial charge in [0.2, 0.25) is 5.91 Å². The van der Waals surface area contributed by atoms with Crippen LogP contribution in [-0.2, 0) is 11.2 Å². The van der Waals surface area contributed by atoms with Crippen molar-refractivity contribution in [1.82, 2.24) is 9.88 Å². The summed E-state index contributed by atoms with van der Waals surface area (Å²) in [5, 5.41) is 4.46. The zero-order valence-corrected chi connectivity index (χ0v) is 16.9. The van der Waals surface area contributed by atoms with Crippen LogP contribution in [0.1, 0.15) is 5.56 Å². The topological polar surface area (TPSA) is 74.5 Å². The van der Waals surface area contributed by atoms with Gasteiger partial charge in [-0.15, -0.1) is 0 Å². The van der Waals surface area contributed by atoms with Crippen LogP contribution in [0.4, 0.5) is 15.9 Å². The molecule has 0 unspecified atom stereocenters. The molecule has 3 aromatic rings. The first-order valence-electron chi connectivity index (χ1n) is 10.2. The number of aromatic nitrogens is 1. The van der Waals surface area contributed by atoms with Gasteiger partial charge in [0, 0.05) is 56.4 Å². The first-order valence-corrected chi connectivity index (χ1v) is 10.2. The Hall–Kier alpha value is -3.19. The Labute approximate surface area is 175 Å². The smallest absolute Gasteiger partial charge is 0.227 e. The molecule has 1 amide bonds. The Morgan fingerprint density at radius 2 is 1.80 bits per heavy atom. The van der Waals surface area contributed by atoms with Gasteiger partial charge in [-0.1, -0.05) is 30.3 Å². The highest BCUT2D eigenvalue weighted by atomic mass is 19.1. The monoisotopic (exact) mass is 407 g/mol. The molecular formula is C23H26FN5O. The first kappa shape index (κ1) is 20.1. The van der Waals surface area contributed by atoms with Crippen molar-refractivity contribution in [2.24, 2.45) is 5.73 Å². The van der Waals surface area contributed by atoms with E-state index in [1.807, 2.05) is 23.1 Å². The van der Waals surface area contributed by atoms with Crippen molar-refractivity contribution < 1.29 is 9.18 Å². The molecule has 7 heteroatoms. The number of fused-ring (bicyclic) bond motifs is 1. The second-order valence-electron chi connectivity index (χ2n) is 7.43. The van der Waals surface area contributed by atoms with Crippen LogP contribution >= 0.6 is 0 Å². The van der Waals surface area contributed by atoms with Crippen molar-refractivity contribution in [3.8, 4) is 0 Å². The van der Waals surface area contributed by atoms with Crippen molar-refractivity contribution >= 4 is 28.3 Å². The minimum atomic E-state index is -0.289. The number of piperazine rings is 1. The molecule has 30 heavy (non-hydrogen) atoms. The van der Waals surface area contributed by atoms with Crippen molar-refractivity contribution in [2.45, 2.75) is 6.42 Å². The number of para-hydroxylation sites is 1. The van der Waals surface area contributed by atoms with E-state index in [1.54, 1.807) is 12.1 Å². The summed E-state index contributed by atoms with van der Waals surface area (Å²) in [6, 6.07) is 16.2. The molecule has 0 saturated carbocycles. The third kappa shape index (κ3) is 4.52. The minimum Gasteiger partial charge on any atom is -0.383 e. The fourth-order valence-corrected chi connectivity index (χ4v) is 3.75. The van der Waals surface area contributed by atoms with Gasteiger partial charge in [-0.2, -0.15) is 0 Å². The van der Waals surface area contributed by atoms with E-state index in [-0.39, 0.29) is 11.7 Å². The lowest BCUT2D eigenvalue weighted by Crippen LogP contribution is -2.49. The highest BCUT2D eigenvalue weighted by molar-refractivity contribution is 5.93. The normalized spacial score (nSPS) is 14.2. The molecule has 1 aliphatic heterocycles. The van der Waals surface area contributed by atoms with Gasteiger partial charge in [0.1, 0.15) is 11.6 Å². The Balaban J connectivity index is 1.44. The van der Waals surface area contributed by atoms with Crippen LogP contribution in [0.2, 0.25) is 0 Å². The quantitative estimate of drug-likeness (QED) is 0.657. The van der Waals surface area contributed by atoms with Gasteiger partial charge in [0.15, 0.2) is 0 Å². The maximum Gasteiger partial charge on any atom is 0.227 e. The van der Waals surface area contributed by atoms with Crippen LogP contribution < -0.4 is 16.0 Å². The summed E-state index contributed by atoms with van der Waals surface area (Å²) in [5.41, 5.74) is 8.45. The molecule has 0 aliphatic carbocycles. The number of benzene rings is 2. The van der Waals surface area contributed by atoms with Gasteiger partial charge in [0.05, 0.1) is 11.9 Å². The average molecular weight is 407 g/mol. The lowest BCUT2D eigenvalue weighted by atomic mass is 10.1. The molecule has 1 aromatic heterocycles. The Morgan fingerprint density at radius 1 is 1.07 bits per heavy atom. The predicted molar refractivity (Wildman–Crippen MR) is 118 cm³/mol. The number of rotatable bonds is 6.